The van der Waals surface area contributed by atoms with Crippen molar-refractivity contribution in [1.29, 1.82) is 5.41 Å². The molecular weight excluding hydrogens is 425 g/mol. The van der Waals surface area contributed by atoms with E-state index in [0.29, 0.717) is 49.9 Å². The minimum Gasteiger partial charge on any atom is -0.338 e. The van der Waals surface area contributed by atoms with E-state index in [0.717, 1.165) is 5.56 Å². The molecule has 0 saturated heterocycles. The lowest BCUT2D eigenvalue weighted by Crippen LogP contribution is -2.48. The summed E-state index contributed by atoms with van der Waals surface area (Å²) in [6.07, 6.45) is 5.71. The van der Waals surface area contributed by atoms with Crippen molar-refractivity contribution in [3.63, 3.8) is 0 Å². The Morgan fingerprint density at radius 2 is 2.09 bits per heavy atom. The van der Waals surface area contributed by atoms with Crippen molar-refractivity contribution in [2.24, 2.45) is 4.99 Å². The zero-order valence-corrected chi connectivity index (χ0v) is 18.8. The molecule has 1 aliphatic rings. The topological polar surface area (TPSA) is 108 Å². The van der Waals surface area contributed by atoms with Crippen molar-refractivity contribution in [1.82, 2.24) is 9.88 Å². The highest BCUT2D eigenvalue weighted by atomic mass is 19.1. The summed E-state index contributed by atoms with van der Waals surface area (Å²) in [6.45, 7) is 2.40. The lowest BCUT2D eigenvalue weighted by molar-refractivity contribution is -0.124. The SMILES string of the molecule is CCn1cc2c(cc1=O)N(C)C(=O)[C@H](NC(=O)C(=N)N=CCCCc1ccccc1F)CC2. The molecule has 2 heterocycles. The number of hydrogen-bond donors (Lipinski definition) is 2. The fourth-order valence-electron chi connectivity index (χ4n) is 3.80. The van der Waals surface area contributed by atoms with Crippen LogP contribution < -0.4 is 15.8 Å². The molecule has 174 valence electrons. The van der Waals surface area contributed by atoms with Gasteiger partial charge in [-0.25, -0.2) is 9.38 Å². The molecule has 2 aromatic rings. The van der Waals surface area contributed by atoms with Crippen LogP contribution in [0.25, 0.3) is 0 Å². The third-order valence-corrected chi connectivity index (χ3v) is 5.69. The van der Waals surface area contributed by atoms with Gasteiger partial charge in [0.05, 0.1) is 5.69 Å². The van der Waals surface area contributed by atoms with Gasteiger partial charge in [0.15, 0.2) is 0 Å². The number of nitrogens with zero attached hydrogens (tertiary/aromatic N) is 3. The molecule has 2 amide bonds. The van der Waals surface area contributed by atoms with E-state index in [-0.39, 0.29) is 17.3 Å². The molecule has 1 atom stereocenters. The zero-order valence-electron chi connectivity index (χ0n) is 18.8. The summed E-state index contributed by atoms with van der Waals surface area (Å²) in [5.74, 6) is -1.84. The highest BCUT2D eigenvalue weighted by Crippen LogP contribution is 2.24. The third-order valence-electron chi connectivity index (χ3n) is 5.69. The van der Waals surface area contributed by atoms with Crippen molar-refractivity contribution in [2.75, 3.05) is 11.9 Å². The number of pyridine rings is 1. The number of carbonyl (C=O) groups is 2. The second-order valence-corrected chi connectivity index (χ2v) is 7.91. The summed E-state index contributed by atoms with van der Waals surface area (Å²) in [4.78, 5) is 42.7. The van der Waals surface area contributed by atoms with Gasteiger partial charge in [0, 0.05) is 32.1 Å². The number of likely N-dealkylation sites (N-methyl/N-ethyl adjacent to an activating group) is 1. The number of anilines is 1. The van der Waals surface area contributed by atoms with Crippen LogP contribution in [0.5, 0.6) is 0 Å². The first-order valence-electron chi connectivity index (χ1n) is 11.0. The van der Waals surface area contributed by atoms with Crippen LogP contribution in [-0.4, -0.2) is 41.5 Å². The van der Waals surface area contributed by atoms with Crippen molar-refractivity contribution < 1.29 is 14.0 Å². The van der Waals surface area contributed by atoms with Crippen LogP contribution in [0.3, 0.4) is 0 Å². The number of aryl methyl sites for hydroxylation is 3. The number of halogens is 1. The Hall–Kier alpha value is -3.62. The maximum Gasteiger partial charge on any atom is 0.289 e. The Morgan fingerprint density at radius 1 is 1.33 bits per heavy atom. The first-order valence-corrected chi connectivity index (χ1v) is 11.0. The predicted molar refractivity (Wildman–Crippen MR) is 126 cm³/mol. The van der Waals surface area contributed by atoms with E-state index >= 15 is 0 Å². The maximum atomic E-state index is 13.6. The molecular formula is C24H28FN5O3. The fourth-order valence-corrected chi connectivity index (χ4v) is 3.80. The van der Waals surface area contributed by atoms with Gasteiger partial charge in [-0.05, 0) is 56.2 Å². The number of hydrogen-bond acceptors (Lipinski definition) is 4. The minimum atomic E-state index is -0.823. The second kappa shape index (κ2) is 10.8. The van der Waals surface area contributed by atoms with Crippen LogP contribution >= 0.6 is 0 Å². The van der Waals surface area contributed by atoms with E-state index in [1.165, 1.54) is 23.2 Å². The van der Waals surface area contributed by atoms with Crippen molar-refractivity contribution in [3.8, 4) is 0 Å². The van der Waals surface area contributed by atoms with Gasteiger partial charge in [0.25, 0.3) is 11.5 Å². The fraction of sp³-hybridized carbons (Fsp3) is 0.375. The van der Waals surface area contributed by atoms with Gasteiger partial charge in [-0.2, -0.15) is 0 Å². The predicted octanol–water partition coefficient (Wildman–Crippen LogP) is 2.47. The van der Waals surface area contributed by atoms with E-state index in [1.807, 2.05) is 6.92 Å². The Labute approximate surface area is 191 Å². The monoisotopic (exact) mass is 453 g/mol. The molecule has 1 aliphatic heterocycles. The third kappa shape index (κ3) is 5.79. The number of aromatic nitrogens is 1. The lowest BCUT2D eigenvalue weighted by atomic mass is 10.1. The Balaban J connectivity index is 1.55. The molecule has 0 radical (unpaired) electrons. The summed E-state index contributed by atoms with van der Waals surface area (Å²) >= 11 is 0. The number of fused-ring (bicyclic) bond motifs is 1. The van der Waals surface area contributed by atoms with Crippen LogP contribution in [0.15, 0.2) is 46.3 Å². The zero-order chi connectivity index (χ0) is 24.0. The van der Waals surface area contributed by atoms with E-state index < -0.39 is 17.8 Å². The smallest absolute Gasteiger partial charge is 0.289 e. The molecule has 9 heteroatoms. The number of aliphatic imine (C=N–C) groups is 1. The average Bonchev–Trinajstić information content (AvgIpc) is 2.91. The molecule has 1 aromatic carbocycles. The summed E-state index contributed by atoms with van der Waals surface area (Å²) in [7, 11) is 1.57. The molecule has 2 N–H and O–H groups in total. The van der Waals surface area contributed by atoms with Gasteiger partial charge in [-0.3, -0.25) is 19.8 Å². The highest BCUT2D eigenvalue weighted by molar-refractivity contribution is 6.38. The van der Waals surface area contributed by atoms with Crippen LogP contribution in [0.1, 0.15) is 37.3 Å². The molecule has 0 unspecified atom stereocenters. The first kappa shape index (κ1) is 24.0. The number of rotatable bonds is 6. The molecule has 0 aliphatic carbocycles. The molecule has 8 nitrogen and oxygen atoms in total. The van der Waals surface area contributed by atoms with Gasteiger partial charge in [-0.1, -0.05) is 18.2 Å². The van der Waals surface area contributed by atoms with Gasteiger partial charge >= 0.3 is 0 Å². The normalized spacial score (nSPS) is 15.9. The van der Waals surface area contributed by atoms with Gasteiger partial charge in [0.2, 0.25) is 11.7 Å². The lowest BCUT2D eigenvalue weighted by Gasteiger charge is -2.22. The number of benzene rings is 1. The van der Waals surface area contributed by atoms with E-state index in [1.54, 1.807) is 36.0 Å². The molecule has 0 bridgehead atoms. The van der Waals surface area contributed by atoms with Gasteiger partial charge in [0.1, 0.15) is 11.9 Å². The molecule has 0 spiro atoms. The molecule has 33 heavy (non-hydrogen) atoms. The maximum absolute atomic E-state index is 13.6. The van der Waals surface area contributed by atoms with Crippen LogP contribution in [0.2, 0.25) is 0 Å². The summed E-state index contributed by atoms with van der Waals surface area (Å²) in [6, 6.07) is 7.16. The number of amides is 2. The second-order valence-electron chi connectivity index (χ2n) is 7.91. The van der Waals surface area contributed by atoms with Gasteiger partial charge < -0.3 is 14.8 Å². The first-order chi connectivity index (χ1) is 15.8. The summed E-state index contributed by atoms with van der Waals surface area (Å²) in [5.41, 5.74) is 1.81. The Morgan fingerprint density at radius 3 is 2.82 bits per heavy atom. The van der Waals surface area contributed by atoms with Gasteiger partial charge in [-0.15, -0.1) is 0 Å². The van der Waals surface area contributed by atoms with Crippen LogP contribution in [0, 0.1) is 11.2 Å². The van der Waals surface area contributed by atoms with Crippen molar-refractivity contribution in [2.45, 2.75) is 51.6 Å². The Bertz CT molecular complexity index is 1140. The van der Waals surface area contributed by atoms with E-state index in [4.69, 9.17) is 5.41 Å². The largest absolute Gasteiger partial charge is 0.338 e. The van der Waals surface area contributed by atoms with Crippen molar-refractivity contribution >= 4 is 29.6 Å². The quantitative estimate of drug-likeness (QED) is 0.399. The minimum absolute atomic E-state index is 0.190. The van der Waals surface area contributed by atoms with Crippen LogP contribution in [0.4, 0.5) is 10.1 Å². The molecule has 0 saturated carbocycles. The number of nitrogens with one attached hydrogen (secondary N) is 2. The number of unbranched alkanes of at least 4 members (excludes halogenated alkanes) is 1. The molecule has 1 aromatic heterocycles. The van der Waals surface area contributed by atoms with Crippen LogP contribution in [-0.2, 0) is 29.0 Å². The molecule has 3 rings (SSSR count). The number of amidine groups is 1. The summed E-state index contributed by atoms with van der Waals surface area (Å²) < 4.78 is 15.2. The number of carbonyl (C=O) groups excluding carboxylic acids is 2. The average molecular weight is 454 g/mol. The Kier molecular flexibility index (Phi) is 7.87. The standard InChI is InChI=1S/C24H28FN5O3/c1-3-30-15-17-11-12-19(24(33)29(2)20(17)14-21(30)31)28-23(32)22(26)27-13-7-6-9-16-8-4-5-10-18(16)25/h4-5,8,10,13-15,19,26H,3,6-7,9,11-12H2,1-2H3,(H,28,32)/t19-/m1/s1. The van der Waals surface area contributed by atoms with E-state index in [2.05, 4.69) is 10.3 Å². The van der Waals surface area contributed by atoms with Crippen molar-refractivity contribution in [3.05, 3.63) is 63.8 Å². The molecule has 0 fully saturated rings. The highest BCUT2D eigenvalue weighted by Gasteiger charge is 2.30. The summed E-state index contributed by atoms with van der Waals surface area (Å²) in [5, 5.41) is 10.5. The van der Waals surface area contributed by atoms with E-state index in [9.17, 15) is 18.8 Å².